The third-order valence-electron chi connectivity index (χ3n) is 4.30. The van der Waals surface area contributed by atoms with Gasteiger partial charge in [0.25, 0.3) is 5.91 Å². The Labute approximate surface area is 182 Å². The van der Waals surface area contributed by atoms with Gasteiger partial charge in [-0.25, -0.2) is 0 Å². The molecule has 160 valence electrons. The summed E-state index contributed by atoms with van der Waals surface area (Å²) in [5, 5.41) is 2.69. The number of esters is 1. The van der Waals surface area contributed by atoms with E-state index in [-0.39, 0.29) is 13.0 Å². The summed E-state index contributed by atoms with van der Waals surface area (Å²) in [6.45, 7) is 0.531. The molecule has 3 rings (SSSR count). The highest BCUT2D eigenvalue weighted by Crippen LogP contribution is 2.38. The number of methoxy groups -OCH3 is 2. The van der Waals surface area contributed by atoms with Crippen LogP contribution in [0, 0.1) is 0 Å². The van der Waals surface area contributed by atoms with Gasteiger partial charge in [0, 0.05) is 29.1 Å². The standard InChI is InChI=1S/C21H22BrNO7/c1-26-14-7-13(8-15(9-14)27-2)3-4-21(25)30-12-20(24)23-17-11-19-18(10-16(17)22)28-5-6-29-19/h7-11H,3-6,12H2,1-2H3,(H,23,24). The molecule has 0 unspecified atom stereocenters. The summed E-state index contributed by atoms with van der Waals surface area (Å²) in [6.07, 6.45) is 0.555. The molecular weight excluding hydrogens is 458 g/mol. The molecule has 8 nitrogen and oxygen atoms in total. The molecule has 0 saturated heterocycles. The Kier molecular flexibility index (Phi) is 7.40. The first-order chi connectivity index (χ1) is 14.5. The summed E-state index contributed by atoms with van der Waals surface area (Å²) >= 11 is 3.38. The molecule has 1 aliphatic heterocycles. The highest BCUT2D eigenvalue weighted by molar-refractivity contribution is 9.10. The van der Waals surface area contributed by atoms with Crippen LogP contribution < -0.4 is 24.3 Å². The van der Waals surface area contributed by atoms with E-state index in [1.165, 1.54) is 0 Å². The zero-order valence-electron chi connectivity index (χ0n) is 16.7. The van der Waals surface area contributed by atoms with Gasteiger partial charge in [0.15, 0.2) is 18.1 Å². The average molecular weight is 480 g/mol. The fourth-order valence-electron chi connectivity index (χ4n) is 2.82. The van der Waals surface area contributed by atoms with E-state index in [9.17, 15) is 9.59 Å². The summed E-state index contributed by atoms with van der Waals surface area (Å²) in [4.78, 5) is 24.2. The Morgan fingerprint density at radius 1 is 1.00 bits per heavy atom. The lowest BCUT2D eigenvalue weighted by Gasteiger charge is -2.20. The predicted octanol–water partition coefficient (Wildman–Crippen LogP) is 3.35. The fourth-order valence-corrected chi connectivity index (χ4v) is 3.24. The third kappa shape index (κ3) is 5.79. The van der Waals surface area contributed by atoms with Gasteiger partial charge >= 0.3 is 5.97 Å². The fraction of sp³-hybridized carbons (Fsp3) is 0.333. The SMILES string of the molecule is COc1cc(CCC(=O)OCC(=O)Nc2cc3c(cc2Br)OCCO3)cc(OC)c1. The van der Waals surface area contributed by atoms with E-state index in [2.05, 4.69) is 21.2 Å². The molecule has 1 N–H and O–H groups in total. The molecule has 0 atom stereocenters. The Morgan fingerprint density at radius 2 is 1.63 bits per heavy atom. The molecule has 0 saturated carbocycles. The van der Waals surface area contributed by atoms with Crippen molar-refractivity contribution in [1.29, 1.82) is 0 Å². The summed E-state index contributed by atoms with van der Waals surface area (Å²) in [7, 11) is 3.12. The minimum Gasteiger partial charge on any atom is -0.497 e. The summed E-state index contributed by atoms with van der Waals surface area (Å²) in [5.74, 6) is 1.50. The number of amides is 1. The Balaban J connectivity index is 1.49. The number of halogens is 1. The van der Waals surface area contributed by atoms with Crippen LogP contribution in [-0.4, -0.2) is 45.9 Å². The number of carbonyl (C=O) groups excluding carboxylic acids is 2. The second-order valence-electron chi connectivity index (χ2n) is 6.41. The van der Waals surface area contributed by atoms with Gasteiger partial charge in [-0.3, -0.25) is 9.59 Å². The van der Waals surface area contributed by atoms with Crippen LogP contribution in [0.5, 0.6) is 23.0 Å². The van der Waals surface area contributed by atoms with Gasteiger partial charge in [-0.2, -0.15) is 0 Å². The molecule has 0 fully saturated rings. The lowest BCUT2D eigenvalue weighted by molar-refractivity contribution is -0.147. The normalized spacial score (nSPS) is 12.1. The third-order valence-corrected chi connectivity index (χ3v) is 4.96. The van der Waals surface area contributed by atoms with Crippen molar-refractivity contribution >= 4 is 33.5 Å². The van der Waals surface area contributed by atoms with Gasteiger partial charge in [-0.1, -0.05) is 0 Å². The van der Waals surface area contributed by atoms with Crippen LogP contribution in [0.1, 0.15) is 12.0 Å². The number of hydrogen-bond donors (Lipinski definition) is 1. The molecule has 1 heterocycles. The summed E-state index contributed by atoms with van der Waals surface area (Å²) in [5.41, 5.74) is 1.37. The van der Waals surface area contributed by atoms with Crippen molar-refractivity contribution in [3.63, 3.8) is 0 Å². The lowest BCUT2D eigenvalue weighted by Crippen LogP contribution is -2.22. The maximum absolute atomic E-state index is 12.2. The maximum atomic E-state index is 12.2. The largest absolute Gasteiger partial charge is 0.497 e. The van der Waals surface area contributed by atoms with Crippen molar-refractivity contribution in [3.05, 3.63) is 40.4 Å². The van der Waals surface area contributed by atoms with Crippen molar-refractivity contribution in [3.8, 4) is 23.0 Å². The monoisotopic (exact) mass is 479 g/mol. The van der Waals surface area contributed by atoms with Gasteiger partial charge in [0.1, 0.15) is 24.7 Å². The van der Waals surface area contributed by atoms with Gasteiger partial charge in [0.05, 0.1) is 19.9 Å². The van der Waals surface area contributed by atoms with Crippen molar-refractivity contribution < 1.29 is 33.3 Å². The lowest BCUT2D eigenvalue weighted by atomic mass is 10.1. The first-order valence-electron chi connectivity index (χ1n) is 9.25. The number of hydrogen-bond acceptors (Lipinski definition) is 7. The van der Waals surface area contributed by atoms with E-state index < -0.39 is 11.9 Å². The summed E-state index contributed by atoms with van der Waals surface area (Å²) in [6, 6.07) is 8.78. The van der Waals surface area contributed by atoms with E-state index in [0.717, 1.165) is 5.56 Å². The van der Waals surface area contributed by atoms with Crippen LogP contribution >= 0.6 is 15.9 Å². The highest BCUT2D eigenvalue weighted by atomic mass is 79.9. The van der Waals surface area contributed by atoms with Crippen LogP contribution in [0.25, 0.3) is 0 Å². The van der Waals surface area contributed by atoms with Crippen LogP contribution in [0.2, 0.25) is 0 Å². The number of rotatable bonds is 8. The van der Waals surface area contributed by atoms with Crippen molar-refractivity contribution in [1.82, 2.24) is 0 Å². The molecule has 9 heteroatoms. The quantitative estimate of drug-likeness (QED) is 0.580. The number of carbonyl (C=O) groups is 2. The molecule has 0 radical (unpaired) electrons. The number of ether oxygens (including phenoxy) is 5. The number of anilines is 1. The molecule has 1 aliphatic rings. The van der Waals surface area contributed by atoms with E-state index in [1.807, 2.05) is 12.1 Å². The molecule has 0 bridgehead atoms. The zero-order chi connectivity index (χ0) is 21.5. The Morgan fingerprint density at radius 3 is 2.27 bits per heavy atom. The average Bonchev–Trinajstić information content (AvgIpc) is 2.76. The van der Waals surface area contributed by atoms with Gasteiger partial charge in [-0.15, -0.1) is 0 Å². The topological polar surface area (TPSA) is 92.3 Å². The van der Waals surface area contributed by atoms with Crippen molar-refractivity contribution in [2.45, 2.75) is 12.8 Å². The number of aryl methyl sites for hydroxylation is 1. The highest BCUT2D eigenvalue weighted by Gasteiger charge is 2.17. The molecule has 0 spiro atoms. The molecule has 0 aliphatic carbocycles. The first kappa shape index (κ1) is 21.8. The second kappa shape index (κ2) is 10.2. The molecule has 1 amide bonds. The van der Waals surface area contributed by atoms with Crippen molar-refractivity contribution in [2.75, 3.05) is 39.4 Å². The predicted molar refractivity (Wildman–Crippen MR) is 113 cm³/mol. The minimum absolute atomic E-state index is 0.122. The maximum Gasteiger partial charge on any atom is 0.306 e. The van der Waals surface area contributed by atoms with Crippen molar-refractivity contribution in [2.24, 2.45) is 0 Å². The van der Waals surface area contributed by atoms with Gasteiger partial charge in [-0.05, 0) is 40.0 Å². The molecule has 2 aromatic carbocycles. The van der Waals surface area contributed by atoms with E-state index in [4.69, 9.17) is 23.7 Å². The number of nitrogens with one attached hydrogen (secondary N) is 1. The smallest absolute Gasteiger partial charge is 0.306 e. The van der Waals surface area contributed by atoms with Crippen LogP contribution in [-0.2, 0) is 20.7 Å². The molecular formula is C21H22BrNO7. The van der Waals surface area contributed by atoms with Crippen LogP contribution in [0.3, 0.4) is 0 Å². The van der Waals surface area contributed by atoms with Gasteiger partial charge in [0.2, 0.25) is 0 Å². The number of fused-ring (bicyclic) bond motifs is 1. The zero-order valence-corrected chi connectivity index (χ0v) is 18.2. The first-order valence-corrected chi connectivity index (χ1v) is 10.0. The second-order valence-corrected chi connectivity index (χ2v) is 7.26. The van der Waals surface area contributed by atoms with E-state index >= 15 is 0 Å². The van der Waals surface area contributed by atoms with Crippen LogP contribution in [0.15, 0.2) is 34.8 Å². The molecule has 2 aromatic rings. The minimum atomic E-state index is -0.479. The molecule has 0 aromatic heterocycles. The molecule has 30 heavy (non-hydrogen) atoms. The Hall–Kier alpha value is -2.94. The van der Waals surface area contributed by atoms with E-state index in [1.54, 1.807) is 32.4 Å². The van der Waals surface area contributed by atoms with Crippen LogP contribution in [0.4, 0.5) is 5.69 Å². The number of benzene rings is 2. The van der Waals surface area contributed by atoms with E-state index in [0.29, 0.717) is 52.8 Å². The van der Waals surface area contributed by atoms with Gasteiger partial charge < -0.3 is 29.0 Å². The summed E-state index contributed by atoms with van der Waals surface area (Å²) < 4.78 is 27.1. The Bertz CT molecular complexity index is 910.